The van der Waals surface area contributed by atoms with Crippen LogP contribution >= 0.6 is 25.3 Å². The molecule has 4 nitrogen and oxygen atoms in total. The first-order chi connectivity index (χ1) is 7.18. The van der Waals surface area contributed by atoms with Crippen LogP contribution in [0, 0.1) is 5.92 Å². The van der Waals surface area contributed by atoms with Gasteiger partial charge in [0.05, 0.1) is 0 Å². The van der Waals surface area contributed by atoms with Gasteiger partial charge in [-0.1, -0.05) is 19.3 Å². The Morgan fingerprint density at radius 2 is 1.87 bits per heavy atom. The summed E-state index contributed by atoms with van der Waals surface area (Å²) < 4.78 is 0. The smallest absolute Gasteiger partial charge is 0.184 e. The third kappa shape index (κ3) is 2.49. The lowest BCUT2D eigenvalue weighted by atomic mass is 9.87. The summed E-state index contributed by atoms with van der Waals surface area (Å²) in [4.78, 5) is 8.39. The number of nitrogens with two attached hydrogens (primary N) is 1. The first kappa shape index (κ1) is 11.3. The molecule has 1 saturated carbocycles. The van der Waals surface area contributed by atoms with E-state index in [0.29, 0.717) is 16.3 Å². The predicted molar refractivity (Wildman–Crippen MR) is 69.2 cm³/mol. The Hall–Kier alpha value is -0.200. The zero-order valence-corrected chi connectivity index (χ0v) is 10.3. The van der Waals surface area contributed by atoms with E-state index >= 15 is 0 Å². The molecule has 2 aliphatic rings. The Morgan fingerprint density at radius 3 is 2.53 bits per heavy atom. The van der Waals surface area contributed by atoms with E-state index < -0.39 is 0 Å². The molecular formula is C9H16N4S2. The molecule has 1 heterocycles. The molecule has 0 radical (unpaired) electrons. The molecule has 1 unspecified atom stereocenters. The van der Waals surface area contributed by atoms with Gasteiger partial charge >= 0.3 is 0 Å². The van der Waals surface area contributed by atoms with Crippen molar-refractivity contribution in [3.63, 3.8) is 0 Å². The van der Waals surface area contributed by atoms with E-state index in [1.165, 1.54) is 32.1 Å². The van der Waals surface area contributed by atoms with E-state index in [2.05, 4.69) is 35.2 Å². The Bertz CT molecular complexity index is 296. The highest BCUT2D eigenvalue weighted by Crippen LogP contribution is 2.30. The number of thiol groups is 2. The maximum absolute atomic E-state index is 5.90. The van der Waals surface area contributed by atoms with Gasteiger partial charge in [0.1, 0.15) is 6.17 Å². The van der Waals surface area contributed by atoms with E-state index in [-0.39, 0.29) is 6.17 Å². The fourth-order valence-electron chi connectivity index (χ4n) is 2.24. The van der Waals surface area contributed by atoms with Crippen molar-refractivity contribution in [1.29, 1.82) is 0 Å². The number of amidine groups is 2. The number of hydrogen-bond donors (Lipinski definition) is 3. The van der Waals surface area contributed by atoms with Crippen LogP contribution in [0.15, 0.2) is 9.98 Å². The minimum atomic E-state index is -0.0252. The van der Waals surface area contributed by atoms with E-state index in [9.17, 15) is 0 Å². The molecule has 0 amide bonds. The van der Waals surface area contributed by atoms with Gasteiger partial charge in [0.15, 0.2) is 10.3 Å². The maximum atomic E-state index is 5.90. The molecule has 0 aromatic heterocycles. The van der Waals surface area contributed by atoms with Gasteiger partial charge in [-0.15, -0.1) is 25.3 Å². The highest BCUT2D eigenvalue weighted by Gasteiger charge is 2.30. The zero-order chi connectivity index (χ0) is 10.8. The van der Waals surface area contributed by atoms with E-state index in [0.717, 1.165) is 0 Å². The fourth-order valence-corrected chi connectivity index (χ4v) is 2.74. The number of rotatable bonds is 1. The van der Waals surface area contributed by atoms with Crippen molar-refractivity contribution in [2.75, 3.05) is 0 Å². The Kier molecular flexibility index (Phi) is 3.58. The van der Waals surface area contributed by atoms with Crippen LogP contribution in [-0.2, 0) is 0 Å². The second-order valence-corrected chi connectivity index (χ2v) is 4.86. The number of nitrogens with zero attached hydrogens (tertiary/aromatic N) is 3. The minimum absolute atomic E-state index is 0.0252. The number of aliphatic imine (C=N–C) groups is 2. The van der Waals surface area contributed by atoms with Gasteiger partial charge < -0.3 is 0 Å². The molecule has 0 saturated heterocycles. The SMILES string of the molecule is NN1C(S)=NC(S)=NC1C1CCCCC1. The lowest BCUT2D eigenvalue weighted by Gasteiger charge is -2.35. The average molecular weight is 244 g/mol. The molecule has 2 rings (SSSR count). The van der Waals surface area contributed by atoms with Gasteiger partial charge in [-0.25, -0.2) is 10.8 Å². The van der Waals surface area contributed by atoms with Crippen LogP contribution in [0.3, 0.4) is 0 Å². The van der Waals surface area contributed by atoms with Crippen molar-refractivity contribution in [1.82, 2.24) is 5.01 Å². The second-order valence-electron chi connectivity index (χ2n) is 4.06. The van der Waals surface area contributed by atoms with E-state index in [4.69, 9.17) is 5.84 Å². The molecule has 2 N–H and O–H groups in total. The van der Waals surface area contributed by atoms with Crippen molar-refractivity contribution in [2.45, 2.75) is 38.3 Å². The summed E-state index contributed by atoms with van der Waals surface area (Å²) in [5, 5.41) is 2.54. The summed E-state index contributed by atoms with van der Waals surface area (Å²) in [7, 11) is 0. The third-order valence-corrected chi connectivity index (χ3v) is 3.58. The molecule has 0 spiro atoms. The fraction of sp³-hybridized carbons (Fsp3) is 0.778. The van der Waals surface area contributed by atoms with Crippen LogP contribution in [0.5, 0.6) is 0 Å². The third-order valence-electron chi connectivity index (χ3n) is 3.04. The average Bonchev–Trinajstić information content (AvgIpc) is 2.24. The van der Waals surface area contributed by atoms with Gasteiger partial charge in [-0.2, -0.15) is 4.99 Å². The first-order valence-electron chi connectivity index (χ1n) is 5.27. The second kappa shape index (κ2) is 4.76. The Labute approximate surface area is 101 Å². The number of hydrogen-bond acceptors (Lipinski definition) is 4. The van der Waals surface area contributed by atoms with Gasteiger partial charge in [0.25, 0.3) is 0 Å². The summed E-state index contributed by atoms with van der Waals surface area (Å²) in [5.41, 5.74) is 0. The van der Waals surface area contributed by atoms with E-state index in [1.54, 1.807) is 5.01 Å². The molecule has 1 aliphatic carbocycles. The lowest BCUT2D eigenvalue weighted by molar-refractivity contribution is 0.192. The van der Waals surface area contributed by atoms with Crippen LogP contribution < -0.4 is 5.84 Å². The number of hydrazine groups is 1. The quantitative estimate of drug-likeness (QED) is 0.485. The first-order valence-corrected chi connectivity index (χ1v) is 6.16. The molecule has 1 atom stereocenters. The van der Waals surface area contributed by atoms with Crippen LogP contribution in [0.2, 0.25) is 0 Å². The Morgan fingerprint density at radius 1 is 1.20 bits per heavy atom. The van der Waals surface area contributed by atoms with E-state index in [1.807, 2.05) is 0 Å². The van der Waals surface area contributed by atoms with Gasteiger partial charge in [-0.3, -0.25) is 5.01 Å². The maximum Gasteiger partial charge on any atom is 0.184 e. The lowest BCUT2D eigenvalue weighted by Crippen LogP contribution is -2.49. The molecule has 0 aromatic carbocycles. The molecule has 0 aromatic rings. The molecule has 15 heavy (non-hydrogen) atoms. The summed E-state index contributed by atoms with van der Waals surface area (Å²) in [6.45, 7) is 0. The minimum Gasteiger partial charge on any atom is -0.264 e. The summed E-state index contributed by atoms with van der Waals surface area (Å²) in [6.07, 6.45) is 6.21. The van der Waals surface area contributed by atoms with Gasteiger partial charge in [0.2, 0.25) is 0 Å². The zero-order valence-electron chi connectivity index (χ0n) is 8.50. The molecule has 6 heteroatoms. The van der Waals surface area contributed by atoms with Crippen molar-refractivity contribution >= 4 is 35.6 Å². The molecule has 0 bridgehead atoms. The topological polar surface area (TPSA) is 54.0 Å². The van der Waals surface area contributed by atoms with Crippen molar-refractivity contribution < 1.29 is 0 Å². The van der Waals surface area contributed by atoms with Crippen LogP contribution in [0.1, 0.15) is 32.1 Å². The molecule has 1 fully saturated rings. The highest BCUT2D eigenvalue weighted by molar-refractivity contribution is 7.98. The Balaban J connectivity index is 2.11. The largest absolute Gasteiger partial charge is 0.264 e. The molecule has 84 valence electrons. The summed E-state index contributed by atoms with van der Waals surface area (Å²) in [5.74, 6) is 6.42. The highest BCUT2D eigenvalue weighted by atomic mass is 32.1. The van der Waals surface area contributed by atoms with Crippen molar-refractivity contribution in [3.05, 3.63) is 0 Å². The van der Waals surface area contributed by atoms with Crippen molar-refractivity contribution in [2.24, 2.45) is 21.7 Å². The normalized spacial score (nSPS) is 28.7. The van der Waals surface area contributed by atoms with Gasteiger partial charge in [-0.05, 0) is 12.8 Å². The predicted octanol–water partition coefficient (Wildman–Crippen LogP) is 1.65. The molecular weight excluding hydrogens is 228 g/mol. The van der Waals surface area contributed by atoms with Crippen LogP contribution in [0.4, 0.5) is 0 Å². The van der Waals surface area contributed by atoms with Crippen LogP contribution in [-0.4, -0.2) is 21.5 Å². The standard InChI is InChI=1S/C9H16N4S2/c10-13-7(6-4-2-1-3-5-6)11-8(14)12-9(13)15/h6-7H,1-5,10H2,(H2,11,12,14,15). The summed E-state index contributed by atoms with van der Waals surface area (Å²) >= 11 is 8.39. The van der Waals surface area contributed by atoms with Crippen molar-refractivity contribution in [3.8, 4) is 0 Å². The van der Waals surface area contributed by atoms with Crippen LogP contribution in [0.25, 0.3) is 0 Å². The molecule has 1 aliphatic heterocycles. The monoisotopic (exact) mass is 244 g/mol. The summed E-state index contributed by atoms with van der Waals surface area (Å²) in [6, 6.07) is 0. The van der Waals surface area contributed by atoms with Gasteiger partial charge in [0, 0.05) is 5.92 Å².